The van der Waals surface area contributed by atoms with Gasteiger partial charge < -0.3 is 10.1 Å². The standard InChI is InChI=1S/C15H14BrClN2O2/c1-3-21-15(20)11-8-18-14(17)7-13(11)19-12-5-4-10(16)6-9(12)2/h4-8H,3H2,1-2H3,(H,18,19). The van der Waals surface area contributed by atoms with Gasteiger partial charge in [0.2, 0.25) is 0 Å². The maximum atomic E-state index is 12.0. The number of esters is 1. The third-order valence-electron chi connectivity index (χ3n) is 2.82. The molecule has 0 aliphatic heterocycles. The molecule has 0 radical (unpaired) electrons. The summed E-state index contributed by atoms with van der Waals surface area (Å²) in [5.41, 5.74) is 2.83. The molecule has 0 bridgehead atoms. The molecule has 1 N–H and O–H groups in total. The lowest BCUT2D eigenvalue weighted by atomic mass is 10.1. The van der Waals surface area contributed by atoms with Crippen molar-refractivity contribution in [2.75, 3.05) is 11.9 Å². The second-order valence-corrected chi connectivity index (χ2v) is 5.66. The Balaban J connectivity index is 2.38. The van der Waals surface area contributed by atoms with Crippen LogP contribution in [0.4, 0.5) is 11.4 Å². The van der Waals surface area contributed by atoms with Gasteiger partial charge in [-0.2, -0.15) is 0 Å². The monoisotopic (exact) mass is 368 g/mol. The number of nitrogens with zero attached hydrogens (tertiary/aromatic N) is 1. The lowest BCUT2D eigenvalue weighted by Crippen LogP contribution is -2.09. The minimum Gasteiger partial charge on any atom is -0.462 e. The van der Waals surface area contributed by atoms with Crippen LogP contribution < -0.4 is 5.32 Å². The molecule has 1 heterocycles. The van der Waals surface area contributed by atoms with Gasteiger partial charge in [0.05, 0.1) is 12.3 Å². The highest BCUT2D eigenvalue weighted by Gasteiger charge is 2.14. The molecule has 0 fully saturated rings. The molecule has 0 amide bonds. The van der Waals surface area contributed by atoms with Crippen molar-refractivity contribution in [1.29, 1.82) is 0 Å². The Labute approximate surface area is 136 Å². The molecule has 0 spiro atoms. The molecule has 0 unspecified atom stereocenters. The van der Waals surface area contributed by atoms with E-state index >= 15 is 0 Å². The van der Waals surface area contributed by atoms with E-state index in [2.05, 4.69) is 26.2 Å². The van der Waals surface area contributed by atoms with Gasteiger partial charge in [0.1, 0.15) is 10.7 Å². The summed E-state index contributed by atoms with van der Waals surface area (Å²) < 4.78 is 6.02. The number of rotatable bonds is 4. The Bertz CT molecular complexity index is 677. The van der Waals surface area contributed by atoms with E-state index in [0.717, 1.165) is 15.7 Å². The van der Waals surface area contributed by atoms with Crippen LogP contribution in [-0.2, 0) is 4.74 Å². The molecule has 1 aromatic heterocycles. The fraction of sp³-hybridized carbons (Fsp3) is 0.200. The number of carbonyl (C=O) groups excluding carboxylic acids is 1. The Morgan fingerprint density at radius 2 is 2.14 bits per heavy atom. The molecule has 0 aliphatic carbocycles. The van der Waals surface area contributed by atoms with Gasteiger partial charge in [0.15, 0.2) is 0 Å². The van der Waals surface area contributed by atoms with E-state index in [4.69, 9.17) is 16.3 Å². The Kier molecular flexibility index (Phi) is 5.20. The van der Waals surface area contributed by atoms with Crippen LogP contribution in [0.3, 0.4) is 0 Å². The number of halogens is 2. The summed E-state index contributed by atoms with van der Waals surface area (Å²) in [6, 6.07) is 7.43. The molecule has 0 aliphatic rings. The summed E-state index contributed by atoms with van der Waals surface area (Å²) >= 11 is 9.34. The lowest BCUT2D eigenvalue weighted by molar-refractivity contribution is 0.0527. The molecule has 2 rings (SSSR count). The molecule has 2 aromatic rings. The smallest absolute Gasteiger partial charge is 0.341 e. The number of nitrogens with one attached hydrogen (secondary N) is 1. The SMILES string of the molecule is CCOC(=O)c1cnc(Cl)cc1Nc1ccc(Br)cc1C. The van der Waals surface area contributed by atoms with E-state index < -0.39 is 5.97 Å². The predicted molar refractivity (Wildman–Crippen MR) is 87.4 cm³/mol. The summed E-state index contributed by atoms with van der Waals surface area (Å²) in [6.07, 6.45) is 1.41. The van der Waals surface area contributed by atoms with Crippen molar-refractivity contribution >= 4 is 44.9 Å². The van der Waals surface area contributed by atoms with E-state index in [1.165, 1.54) is 6.20 Å². The number of carbonyl (C=O) groups is 1. The van der Waals surface area contributed by atoms with Crippen molar-refractivity contribution in [2.45, 2.75) is 13.8 Å². The van der Waals surface area contributed by atoms with E-state index in [1.807, 2.05) is 25.1 Å². The zero-order valence-corrected chi connectivity index (χ0v) is 14.0. The molecule has 110 valence electrons. The first kappa shape index (κ1) is 15.8. The lowest BCUT2D eigenvalue weighted by Gasteiger charge is -2.13. The molecule has 21 heavy (non-hydrogen) atoms. The first-order chi connectivity index (χ1) is 10.0. The average Bonchev–Trinajstić information content (AvgIpc) is 2.42. The second-order valence-electron chi connectivity index (χ2n) is 4.36. The molecule has 0 saturated carbocycles. The fourth-order valence-corrected chi connectivity index (χ4v) is 2.45. The van der Waals surface area contributed by atoms with Crippen molar-refractivity contribution in [3.8, 4) is 0 Å². The number of hydrogen-bond donors (Lipinski definition) is 1. The van der Waals surface area contributed by atoms with Gasteiger partial charge in [-0.05, 0) is 43.7 Å². The Morgan fingerprint density at radius 3 is 2.81 bits per heavy atom. The average molecular weight is 370 g/mol. The molecule has 1 aromatic carbocycles. The Morgan fingerprint density at radius 1 is 1.38 bits per heavy atom. The zero-order chi connectivity index (χ0) is 15.4. The maximum Gasteiger partial charge on any atom is 0.341 e. The number of pyridine rings is 1. The Hall–Kier alpha value is -1.59. The number of anilines is 2. The second kappa shape index (κ2) is 6.91. The molecular formula is C15H14BrClN2O2. The van der Waals surface area contributed by atoms with E-state index in [1.54, 1.807) is 13.0 Å². The number of aryl methyl sites for hydroxylation is 1. The van der Waals surface area contributed by atoms with E-state index in [-0.39, 0.29) is 0 Å². The molecule has 0 atom stereocenters. The van der Waals surface area contributed by atoms with Gasteiger partial charge >= 0.3 is 5.97 Å². The highest BCUT2D eigenvalue weighted by molar-refractivity contribution is 9.10. The largest absolute Gasteiger partial charge is 0.462 e. The highest BCUT2D eigenvalue weighted by atomic mass is 79.9. The van der Waals surface area contributed by atoms with Gasteiger partial charge in [-0.1, -0.05) is 27.5 Å². The van der Waals surface area contributed by atoms with Crippen molar-refractivity contribution < 1.29 is 9.53 Å². The molecule has 6 heteroatoms. The van der Waals surface area contributed by atoms with Crippen LogP contribution in [0.1, 0.15) is 22.8 Å². The maximum absolute atomic E-state index is 12.0. The van der Waals surface area contributed by atoms with Crippen LogP contribution in [0.25, 0.3) is 0 Å². The van der Waals surface area contributed by atoms with Crippen LogP contribution in [0, 0.1) is 6.92 Å². The van der Waals surface area contributed by atoms with Crippen LogP contribution in [0.5, 0.6) is 0 Å². The minimum absolute atomic E-state index is 0.304. The summed E-state index contributed by atoms with van der Waals surface area (Å²) in [4.78, 5) is 15.9. The number of benzene rings is 1. The van der Waals surface area contributed by atoms with Gasteiger partial charge in [0, 0.05) is 16.4 Å². The van der Waals surface area contributed by atoms with Crippen molar-refractivity contribution in [2.24, 2.45) is 0 Å². The minimum atomic E-state index is -0.432. The summed E-state index contributed by atoms with van der Waals surface area (Å²) in [5, 5.41) is 3.51. The van der Waals surface area contributed by atoms with E-state index in [9.17, 15) is 4.79 Å². The number of ether oxygens (including phenoxy) is 1. The van der Waals surface area contributed by atoms with Crippen LogP contribution in [0.15, 0.2) is 34.9 Å². The normalized spacial score (nSPS) is 10.3. The quantitative estimate of drug-likeness (QED) is 0.625. The first-order valence-corrected chi connectivity index (χ1v) is 7.54. The van der Waals surface area contributed by atoms with E-state index in [0.29, 0.717) is 23.0 Å². The third kappa shape index (κ3) is 3.95. The topological polar surface area (TPSA) is 51.2 Å². The van der Waals surface area contributed by atoms with Crippen molar-refractivity contribution in [3.63, 3.8) is 0 Å². The summed E-state index contributed by atoms with van der Waals surface area (Å²) in [7, 11) is 0. The summed E-state index contributed by atoms with van der Waals surface area (Å²) in [5.74, 6) is -0.432. The molecule has 0 saturated heterocycles. The van der Waals surface area contributed by atoms with Crippen LogP contribution >= 0.6 is 27.5 Å². The van der Waals surface area contributed by atoms with Gasteiger partial charge in [0.25, 0.3) is 0 Å². The van der Waals surface area contributed by atoms with Gasteiger partial charge in [-0.3, -0.25) is 0 Å². The highest BCUT2D eigenvalue weighted by Crippen LogP contribution is 2.27. The first-order valence-electron chi connectivity index (χ1n) is 6.37. The van der Waals surface area contributed by atoms with Crippen molar-refractivity contribution in [3.05, 3.63) is 51.2 Å². The van der Waals surface area contributed by atoms with Gasteiger partial charge in [-0.15, -0.1) is 0 Å². The molecule has 4 nitrogen and oxygen atoms in total. The van der Waals surface area contributed by atoms with Crippen LogP contribution in [0.2, 0.25) is 5.15 Å². The fourth-order valence-electron chi connectivity index (χ4n) is 1.82. The van der Waals surface area contributed by atoms with Crippen LogP contribution in [-0.4, -0.2) is 17.6 Å². The molecular weight excluding hydrogens is 356 g/mol. The third-order valence-corrected chi connectivity index (χ3v) is 3.52. The summed E-state index contributed by atoms with van der Waals surface area (Å²) in [6.45, 7) is 4.03. The zero-order valence-electron chi connectivity index (χ0n) is 11.6. The van der Waals surface area contributed by atoms with Crippen molar-refractivity contribution in [1.82, 2.24) is 4.98 Å². The number of aromatic nitrogens is 1. The number of hydrogen-bond acceptors (Lipinski definition) is 4. The van der Waals surface area contributed by atoms with Gasteiger partial charge in [-0.25, -0.2) is 9.78 Å². The predicted octanol–water partition coefficient (Wildman–Crippen LogP) is 4.73.